The third-order valence-electron chi connectivity index (χ3n) is 2.28. The SMILES string of the molecule is CC(C1=NCCO1)C(C)(C)C. The van der Waals surface area contributed by atoms with Crippen LogP contribution in [0.1, 0.15) is 27.7 Å². The summed E-state index contributed by atoms with van der Waals surface area (Å²) in [6.45, 7) is 10.4. The highest BCUT2D eigenvalue weighted by molar-refractivity contribution is 5.80. The normalized spacial score (nSPS) is 20.9. The average molecular weight is 155 g/mol. The van der Waals surface area contributed by atoms with Crippen LogP contribution in [0.2, 0.25) is 0 Å². The van der Waals surface area contributed by atoms with Crippen molar-refractivity contribution in [1.82, 2.24) is 0 Å². The summed E-state index contributed by atoms with van der Waals surface area (Å²) in [6, 6.07) is 0. The Labute approximate surface area is 68.7 Å². The average Bonchev–Trinajstić information content (AvgIpc) is 2.34. The Kier molecular flexibility index (Phi) is 2.21. The van der Waals surface area contributed by atoms with E-state index in [1.807, 2.05) is 0 Å². The van der Waals surface area contributed by atoms with Gasteiger partial charge < -0.3 is 4.74 Å². The van der Waals surface area contributed by atoms with Gasteiger partial charge >= 0.3 is 0 Å². The van der Waals surface area contributed by atoms with Crippen LogP contribution < -0.4 is 0 Å². The number of rotatable bonds is 1. The highest BCUT2D eigenvalue weighted by atomic mass is 16.5. The summed E-state index contributed by atoms with van der Waals surface area (Å²) in [5.41, 5.74) is 0.267. The molecule has 1 unspecified atom stereocenters. The smallest absolute Gasteiger partial charge is 0.186 e. The molecule has 0 N–H and O–H groups in total. The largest absolute Gasteiger partial charge is 0.479 e. The van der Waals surface area contributed by atoms with Crippen molar-refractivity contribution in [3.8, 4) is 0 Å². The molecular weight excluding hydrogens is 138 g/mol. The van der Waals surface area contributed by atoms with E-state index in [2.05, 4.69) is 32.7 Å². The molecule has 0 saturated carbocycles. The fraction of sp³-hybridized carbons (Fsp3) is 0.889. The van der Waals surface area contributed by atoms with Gasteiger partial charge in [-0.1, -0.05) is 27.7 Å². The number of hydrogen-bond donors (Lipinski definition) is 0. The van der Waals surface area contributed by atoms with Gasteiger partial charge in [-0.05, 0) is 5.41 Å². The number of aliphatic imine (C=N–C) groups is 1. The van der Waals surface area contributed by atoms with Gasteiger partial charge in [-0.2, -0.15) is 0 Å². The first-order valence-corrected chi connectivity index (χ1v) is 4.19. The highest BCUT2D eigenvalue weighted by Crippen LogP contribution is 2.27. The van der Waals surface area contributed by atoms with Crippen LogP contribution in [0.25, 0.3) is 0 Å². The zero-order chi connectivity index (χ0) is 8.48. The number of hydrogen-bond acceptors (Lipinski definition) is 2. The second-order valence-electron chi connectivity index (χ2n) is 4.16. The van der Waals surface area contributed by atoms with E-state index < -0.39 is 0 Å². The van der Waals surface area contributed by atoms with Crippen molar-refractivity contribution in [2.45, 2.75) is 27.7 Å². The van der Waals surface area contributed by atoms with Crippen LogP contribution in [-0.2, 0) is 4.74 Å². The minimum atomic E-state index is 0.267. The minimum Gasteiger partial charge on any atom is -0.479 e. The summed E-state index contributed by atoms with van der Waals surface area (Å²) in [5, 5.41) is 0. The van der Waals surface area contributed by atoms with E-state index in [4.69, 9.17) is 4.74 Å². The van der Waals surface area contributed by atoms with Crippen molar-refractivity contribution < 1.29 is 4.74 Å². The summed E-state index contributed by atoms with van der Waals surface area (Å²) in [6.07, 6.45) is 0. The van der Waals surface area contributed by atoms with Crippen LogP contribution in [0.4, 0.5) is 0 Å². The molecule has 0 spiro atoms. The molecule has 0 aromatic rings. The summed E-state index contributed by atoms with van der Waals surface area (Å²) < 4.78 is 5.39. The highest BCUT2D eigenvalue weighted by Gasteiger charge is 2.27. The van der Waals surface area contributed by atoms with Gasteiger partial charge in [0.15, 0.2) is 5.90 Å². The second kappa shape index (κ2) is 2.84. The van der Waals surface area contributed by atoms with Crippen LogP contribution in [0.15, 0.2) is 4.99 Å². The van der Waals surface area contributed by atoms with E-state index in [-0.39, 0.29) is 5.41 Å². The number of nitrogens with zero attached hydrogens (tertiary/aromatic N) is 1. The lowest BCUT2D eigenvalue weighted by Gasteiger charge is -2.26. The molecular formula is C9H17NO. The Bertz CT molecular complexity index is 167. The van der Waals surface area contributed by atoms with Gasteiger partial charge in [0.1, 0.15) is 6.61 Å². The lowest BCUT2D eigenvalue weighted by Crippen LogP contribution is -2.25. The zero-order valence-electron chi connectivity index (χ0n) is 7.85. The topological polar surface area (TPSA) is 21.6 Å². The Morgan fingerprint density at radius 1 is 1.45 bits per heavy atom. The lowest BCUT2D eigenvalue weighted by atomic mass is 9.82. The van der Waals surface area contributed by atoms with Gasteiger partial charge in [0.25, 0.3) is 0 Å². The van der Waals surface area contributed by atoms with E-state index in [0.717, 1.165) is 19.0 Å². The van der Waals surface area contributed by atoms with Crippen LogP contribution in [0.3, 0.4) is 0 Å². The summed E-state index contributed by atoms with van der Waals surface area (Å²) in [5.74, 6) is 1.38. The van der Waals surface area contributed by atoms with Gasteiger partial charge in [-0.25, -0.2) is 0 Å². The summed E-state index contributed by atoms with van der Waals surface area (Å²) >= 11 is 0. The molecule has 1 aliphatic rings. The monoisotopic (exact) mass is 155 g/mol. The minimum absolute atomic E-state index is 0.267. The van der Waals surface area contributed by atoms with Crippen LogP contribution >= 0.6 is 0 Å². The molecule has 1 heterocycles. The Balaban J connectivity index is 2.60. The molecule has 0 fully saturated rings. The standard InChI is InChI=1S/C9H17NO/c1-7(9(2,3)4)8-10-5-6-11-8/h7H,5-6H2,1-4H3. The van der Waals surface area contributed by atoms with Crippen molar-refractivity contribution >= 4 is 5.90 Å². The maximum absolute atomic E-state index is 5.39. The van der Waals surface area contributed by atoms with E-state index in [9.17, 15) is 0 Å². The molecule has 1 aliphatic heterocycles. The molecule has 0 amide bonds. The fourth-order valence-electron chi connectivity index (χ4n) is 0.984. The number of ether oxygens (including phenoxy) is 1. The molecule has 0 aromatic heterocycles. The lowest BCUT2D eigenvalue weighted by molar-refractivity contribution is 0.260. The van der Waals surface area contributed by atoms with E-state index >= 15 is 0 Å². The molecule has 64 valence electrons. The van der Waals surface area contributed by atoms with Crippen LogP contribution in [0.5, 0.6) is 0 Å². The van der Waals surface area contributed by atoms with Crippen molar-refractivity contribution in [1.29, 1.82) is 0 Å². The zero-order valence-corrected chi connectivity index (χ0v) is 7.85. The molecule has 0 aromatic carbocycles. The van der Waals surface area contributed by atoms with Crippen molar-refractivity contribution in [3.05, 3.63) is 0 Å². The first-order chi connectivity index (χ1) is 5.02. The van der Waals surface area contributed by atoms with Crippen molar-refractivity contribution in [2.75, 3.05) is 13.2 Å². The fourth-order valence-corrected chi connectivity index (χ4v) is 0.984. The molecule has 2 nitrogen and oxygen atoms in total. The molecule has 2 heteroatoms. The Morgan fingerprint density at radius 2 is 2.09 bits per heavy atom. The Hall–Kier alpha value is -0.530. The molecule has 11 heavy (non-hydrogen) atoms. The summed E-state index contributed by atoms with van der Waals surface area (Å²) in [7, 11) is 0. The second-order valence-corrected chi connectivity index (χ2v) is 4.16. The molecule has 0 radical (unpaired) electrons. The first-order valence-electron chi connectivity index (χ1n) is 4.19. The predicted octanol–water partition coefficient (Wildman–Crippen LogP) is 2.10. The molecule has 1 rings (SSSR count). The van der Waals surface area contributed by atoms with Crippen molar-refractivity contribution in [3.63, 3.8) is 0 Å². The maximum atomic E-state index is 5.39. The van der Waals surface area contributed by atoms with Crippen LogP contribution in [0, 0.1) is 11.3 Å². The molecule has 0 saturated heterocycles. The van der Waals surface area contributed by atoms with E-state index in [0.29, 0.717) is 5.92 Å². The third kappa shape index (κ3) is 1.95. The Morgan fingerprint density at radius 3 is 2.45 bits per heavy atom. The maximum Gasteiger partial charge on any atom is 0.186 e. The quantitative estimate of drug-likeness (QED) is 0.568. The van der Waals surface area contributed by atoms with Crippen molar-refractivity contribution in [2.24, 2.45) is 16.3 Å². The molecule has 1 atom stereocenters. The first kappa shape index (κ1) is 8.57. The molecule has 0 aliphatic carbocycles. The molecule has 0 bridgehead atoms. The van der Waals surface area contributed by atoms with Crippen LogP contribution in [-0.4, -0.2) is 19.0 Å². The van der Waals surface area contributed by atoms with Gasteiger partial charge in [0.2, 0.25) is 0 Å². The van der Waals surface area contributed by atoms with Gasteiger partial charge in [0.05, 0.1) is 6.54 Å². The third-order valence-corrected chi connectivity index (χ3v) is 2.28. The van der Waals surface area contributed by atoms with Gasteiger partial charge in [-0.15, -0.1) is 0 Å². The van der Waals surface area contributed by atoms with E-state index in [1.54, 1.807) is 0 Å². The summed E-state index contributed by atoms with van der Waals surface area (Å²) in [4.78, 5) is 4.30. The van der Waals surface area contributed by atoms with E-state index in [1.165, 1.54) is 0 Å². The van der Waals surface area contributed by atoms with Gasteiger partial charge in [-0.3, -0.25) is 4.99 Å². The van der Waals surface area contributed by atoms with Gasteiger partial charge in [0, 0.05) is 5.92 Å². The predicted molar refractivity (Wildman–Crippen MR) is 46.9 cm³/mol.